The maximum absolute atomic E-state index is 12.8. The van der Waals surface area contributed by atoms with Crippen LogP contribution < -0.4 is 5.32 Å². The molecule has 0 aliphatic rings. The lowest BCUT2D eigenvalue weighted by molar-refractivity contribution is 0.0959. The molecule has 1 amide bonds. The number of aromatic nitrogens is 2. The number of nitrogens with zero attached hydrogens (tertiary/aromatic N) is 2. The monoisotopic (exact) mass is 193 g/mol. The van der Waals surface area contributed by atoms with Gasteiger partial charge in [-0.2, -0.15) is 0 Å². The molecule has 2 aromatic rings. The normalized spacial score (nSPS) is 10.4. The van der Waals surface area contributed by atoms with Gasteiger partial charge in [0.25, 0.3) is 5.91 Å². The Balaban J connectivity index is 2.56. The van der Waals surface area contributed by atoms with E-state index < -0.39 is 0 Å². The lowest BCUT2D eigenvalue weighted by Crippen LogP contribution is -2.17. The van der Waals surface area contributed by atoms with Crippen molar-refractivity contribution < 1.29 is 9.18 Å². The molecule has 4 nitrogen and oxygen atoms in total. The Morgan fingerprint density at radius 1 is 1.50 bits per heavy atom. The van der Waals surface area contributed by atoms with Gasteiger partial charge in [-0.1, -0.05) is 0 Å². The SMILES string of the molecule is CNC(=O)c1cn2cc(F)ccc2n1. The van der Waals surface area contributed by atoms with Crippen molar-refractivity contribution in [2.45, 2.75) is 0 Å². The number of amides is 1. The number of nitrogens with one attached hydrogen (secondary N) is 1. The summed E-state index contributed by atoms with van der Waals surface area (Å²) >= 11 is 0. The van der Waals surface area contributed by atoms with Crippen LogP contribution in [-0.2, 0) is 0 Å². The molecule has 0 saturated carbocycles. The Morgan fingerprint density at radius 2 is 2.29 bits per heavy atom. The lowest BCUT2D eigenvalue weighted by atomic mass is 10.4. The fourth-order valence-electron chi connectivity index (χ4n) is 1.20. The second kappa shape index (κ2) is 3.10. The van der Waals surface area contributed by atoms with Gasteiger partial charge in [-0.3, -0.25) is 4.79 Å². The van der Waals surface area contributed by atoms with E-state index in [0.717, 1.165) is 0 Å². The van der Waals surface area contributed by atoms with E-state index in [9.17, 15) is 9.18 Å². The predicted octanol–water partition coefficient (Wildman–Crippen LogP) is 0.833. The highest BCUT2D eigenvalue weighted by molar-refractivity contribution is 5.92. The maximum Gasteiger partial charge on any atom is 0.271 e. The molecule has 5 heteroatoms. The lowest BCUT2D eigenvalue weighted by Gasteiger charge is -1.90. The predicted molar refractivity (Wildman–Crippen MR) is 48.5 cm³/mol. The van der Waals surface area contributed by atoms with Crippen LogP contribution in [0.1, 0.15) is 10.5 Å². The Morgan fingerprint density at radius 3 is 3.00 bits per heavy atom. The van der Waals surface area contributed by atoms with Crippen LogP contribution in [0, 0.1) is 5.82 Å². The Kier molecular flexibility index (Phi) is 1.92. The number of fused-ring (bicyclic) bond motifs is 1. The molecule has 2 rings (SSSR count). The average molecular weight is 193 g/mol. The van der Waals surface area contributed by atoms with E-state index in [1.807, 2.05) is 0 Å². The molecule has 1 N–H and O–H groups in total. The molecule has 2 aromatic heterocycles. The van der Waals surface area contributed by atoms with E-state index in [1.165, 1.54) is 36.0 Å². The second-order valence-electron chi connectivity index (χ2n) is 2.82. The molecule has 72 valence electrons. The van der Waals surface area contributed by atoms with Gasteiger partial charge in [0.1, 0.15) is 17.2 Å². The van der Waals surface area contributed by atoms with Crippen LogP contribution in [0.5, 0.6) is 0 Å². The third-order valence-electron chi connectivity index (χ3n) is 1.87. The fraction of sp³-hybridized carbons (Fsp3) is 0.111. The molecule has 0 bridgehead atoms. The van der Waals surface area contributed by atoms with Gasteiger partial charge in [-0.15, -0.1) is 0 Å². The minimum Gasteiger partial charge on any atom is -0.354 e. The van der Waals surface area contributed by atoms with E-state index in [0.29, 0.717) is 5.65 Å². The molecule has 2 heterocycles. The fourth-order valence-corrected chi connectivity index (χ4v) is 1.20. The molecule has 0 aliphatic carbocycles. The number of pyridine rings is 1. The zero-order valence-electron chi connectivity index (χ0n) is 7.49. The van der Waals surface area contributed by atoms with Crippen molar-refractivity contribution in [3.63, 3.8) is 0 Å². The number of imidazole rings is 1. The topological polar surface area (TPSA) is 46.4 Å². The molecule has 14 heavy (non-hydrogen) atoms. The summed E-state index contributed by atoms with van der Waals surface area (Å²) in [4.78, 5) is 15.2. The number of carbonyl (C=O) groups is 1. The average Bonchev–Trinajstić information content (AvgIpc) is 2.59. The van der Waals surface area contributed by atoms with Gasteiger partial charge in [0, 0.05) is 19.4 Å². The van der Waals surface area contributed by atoms with Crippen LogP contribution >= 0.6 is 0 Å². The molecule has 0 atom stereocenters. The van der Waals surface area contributed by atoms with E-state index in [1.54, 1.807) is 0 Å². The molecule has 0 unspecified atom stereocenters. The standard InChI is InChI=1S/C9H8FN3O/c1-11-9(14)7-5-13-4-6(10)2-3-8(13)12-7/h2-5H,1H3,(H,11,14). The van der Waals surface area contributed by atoms with Crippen LogP contribution in [0.15, 0.2) is 24.5 Å². The zero-order valence-corrected chi connectivity index (χ0v) is 7.49. The van der Waals surface area contributed by atoms with Gasteiger partial charge in [-0.25, -0.2) is 9.37 Å². The number of halogens is 1. The summed E-state index contributed by atoms with van der Waals surface area (Å²) in [6, 6.07) is 2.82. The summed E-state index contributed by atoms with van der Waals surface area (Å²) in [5.41, 5.74) is 0.822. The molecule has 0 aromatic carbocycles. The number of hydrogen-bond acceptors (Lipinski definition) is 2. The minimum atomic E-state index is -0.363. The highest BCUT2D eigenvalue weighted by Crippen LogP contribution is 2.06. The first-order valence-corrected chi connectivity index (χ1v) is 4.07. The van der Waals surface area contributed by atoms with Gasteiger partial charge in [-0.05, 0) is 12.1 Å². The van der Waals surface area contributed by atoms with Crippen molar-refractivity contribution in [3.8, 4) is 0 Å². The summed E-state index contributed by atoms with van der Waals surface area (Å²) < 4.78 is 14.3. The van der Waals surface area contributed by atoms with E-state index >= 15 is 0 Å². The first kappa shape index (κ1) is 8.68. The van der Waals surface area contributed by atoms with Crippen LogP contribution in [0.2, 0.25) is 0 Å². The first-order chi connectivity index (χ1) is 6.70. The second-order valence-corrected chi connectivity index (χ2v) is 2.82. The molecule has 0 radical (unpaired) electrons. The van der Waals surface area contributed by atoms with Gasteiger partial charge in [0.05, 0.1) is 0 Å². The highest BCUT2D eigenvalue weighted by Gasteiger charge is 2.08. The minimum absolute atomic E-state index is 0.276. The Hall–Kier alpha value is -1.91. The third-order valence-corrected chi connectivity index (χ3v) is 1.87. The molecule has 0 saturated heterocycles. The quantitative estimate of drug-likeness (QED) is 0.729. The van der Waals surface area contributed by atoms with E-state index in [4.69, 9.17) is 0 Å². The van der Waals surface area contributed by atoms with E-state index in [-0.39, 0.29) is 17.4 Å². The Labute approximate surface area is 79.4 Å². The maximum atomic E-state index is 12.8. The van der Waals surface area contributed by atoms with E-state index in [2.05, 4.69) is 10.3 Å². The summed E-state index contributed by atoms with van der Waals surface area (Å²) in [6.45, 7) is 0. The van der Waals surface area contributed by atoms with Crippen LogP contribution in [-0.4, -0.2) is 22.3 Å². The van der Waals surface area contributed by atoms with Crippen molar-refractivity contribution >= 4 is 11.6 Å². The molecule has 0 aliphatic heterocycles. The largest absolute Gasteiger partial charge is 0.354 e. The van der Waals surface area contributed by atoms with Crippen molar-refractivity contribution in [3.05, 3.63) is 36.0 Å². The highest BCUT2D eigenvalue weighted by atomic mass is 19.1. The Bertz CT molecular complexity index is 492. The smallest absolute Gasteiger partial charge is 0.271 e. The van der Waals surface area contributed by atoms with Gasteiger partial charge < -0.3 is 9.72 Å². The van der Waals surface area contributed by atoms with Gasteiger partial charge >= 0.3 is 0 Å². The number of carbonyl (C=O) groups excluding carboxylic acids is 1. The summed E-state index contributed by atoms with van der Waals surface area (Å²) in [7, 11) is 1.52. The summed E-state index contributed by atoms with van der Waals surface area (Å²) in [5, 5.41) is 2.45. The van der Waals surface area contributed by atoms with Crippen molar-refractivity contribution in [1.29, 1.82) is 0 Å². The van der Waals surface area contributed by atoms with Crippen molar-refractivity contribution in [1.82, 2.24) is 14.7 Å². The van der Waals surface area contributed by atoms with Crippen molar-refractivity contribution in [2.75, 3.05) is 7.05 Å². The van der Waals surface area contributed by atoms with Crippen LogP contribution in [0.3, 0.4) is 0 Å². The number of rotatable bonds is 1. The molecular weight excluding hydrogens is 185 g/mol. The molecular formula is C9H8FN3O. The first-order valence-electron chi connectivity index (χ1n) is 4.07. The van der Waals surface area contributed by atoms with Gasteiger partial charge in [0.2, 0.25) is 0 Å². The number of hydrogen-bond donors (Lipinski definition) is 1. The van der Waals surface area contributed by atoms with Crippen LogP contribution in [0.25, 0.3) is 5.65 Å². The third kappa shape index (κ3) is 1.32. The zero-order chi connectivity index (χ0) is 10.1. The van der Waals surface area contributed by atoms with Crippen molar-refractivity contribution in [2.24, 2.45) is 0 Å². The summed E-state index contributed by atoms with van der Waals surface area (Å²) in [5.74, 6) is -0.646. The molecule has 0 spiro atoms. The summed E-state index contributed by atoms with van der Waals surface area (Å²) in [6.07, 6.45) is 2.76. The molecule has 0 fully saturated rings. The van der Waals surface area contributed by atoms with Crippen LogP contribution in [0.4, 0.5) is 4.39 Å². The van der Waals surface area contributed by atoms with Gasteiger partial charge in [0.15, 0.2) is 0 Å².